The Morgan fingerprint density at radius 2 is 2.20 bits per heavy atom. The highest BCUT2D eigenvalue weighted by Gasteiger charge is 2.17. The third-order valence-corrected chi connectivity index (χ3v) is 7.18. The SMILES string of the molecule is Cc1sc(C(Br)c2sccc2Cl)cc1Br. The van der Waals surface area contributed by atoms with E-state index in [-0.39, 0.29) is 4.83 Å². The summed E-state index contributed by atoms with van der Waals surface area (Å²) in [4.78, 5) is 3.95. The minimum Gasteiger partial charge on any atom is -0.146 e. The van der Waals surface area contributed by atoms with Crippen molar-refractivity contribution in [2.45, 2.75) is 11.8 Å². The van der Waals surface area contributed by atoms with E-state index in [9.17, 15) is 0 Å². The highest BCUT2D eigenvalue weighted by atomic mass is 79.9. The maximum Gasteiger partial charge on any atom is 0.0846 e. The number of aryl methyl sites for hydroxylation is 1. The molecule has 0 aliphatic heterocycles. The smallest absolute Gasteiger partial charge is 0.0846 e. The van der Waals surface area contributed by atoms with Gasteiger partial charge in [-0.25, -0.2) is 0 Å². The Kier molecular flexibility index (Phi) is 3.94. The molecular formula is C10H7Br2ClS2. The van der Waals surface area contributed by atoms with Crippen LogP contribution in [0, 0.1) is 6.92 Å². The molecule has 0 aromatic carbocycles. The van der Waals surface area contributed by atoms with Crippen molar-refractivity contribution < 1.29 is 0 Å². The van der Waals surface area contributed by atoms with Crippen molar-refractivity contribution in [2.75, 3.05) is 0 Å². The average Bonchev–Trinajstić information content (AvgIpc) is 2.74. The molecule has 0 aliphatic carbocycles. The van der Waals surface area contributed by atoms with Crippen molar-refractivity contribution in [1.29, 1.82) is 0 Å². The Bertz CT molecular complexity index is 456. The standard InChI is InChI=1S/C10H7Br2ClS2/c1-5-6(11)4-8(15-5)9(12)10-7(13)2-3-14-10/h2-4,9H,1H3. The molecule has 80 valence electrons. The van der Waals surface area contributed by atoms with Gasteiger partial charge in [-0.05, 0) is 40.4 Å². The highest BCUT2D eigenvalue weighted by molar-refractivity contribution is 9.10. The Labute approximate surface area is 119 Å². The largest absolute Gasteiger partial charge is 0.146 e. The van der Waals surface area contributed by atoms with Gasteiger partial charge < -0.3 is 0 Å². The predicted molar refractivity (Wildman–Crippen MR) is 76.9 cm³/mol. The second-order valence-corrected chi connectivity index (χ2v) is 7.46. The summed E-state index contributed by atoms with van der Waals surface area (Å²) in [6.07, 6.45) is 0. The Hall–Kier alpha value is 0.650. The van der Waals surface area contributed by atoms with E-state index in [1.807, 2.05) is 11.4 Å². The van der Waals surface area contributed by atoms with Crippen LogP contribution in [0.3, 0.4) is 0 Å². The second-order valence-electron chi connectivity index (χ2n) is 3.05. The molecule has 0 saturated heterocycles. The van der Waals surface area contributed by atoms with Gasteiger partial charge in [0.1, 0.15) is 0 Å². The lowest BCUT2D eigenvalue weighted by Gasteiger charge is -2.04. The maximum atomic E-state index is 6.10. The summed E-state index contributed by atoms with van der Waals surface area (Å²) < 4.78 is 1.17. The number of thiophene rings is 2. The van der Waals surface area contributed by atoms with Crippen LogP contribution in [0.15, 0.2) is 22.0 Å². The Balaban J connectivity index is 2.36. The molecule has 2 rings (SSSR count). The van der Waals surface area contributed by atoms with E-state index in [1.165, 1.54) is 19.1 Å². The van der Waals surface area contributed by atoms with Crippen molar-refractivity contribution in [3.05, 3.63) is 41.6 Å². The normalized spacial score (nSPS) is 13.1. The summed E-state index contributed by atoms with van der Waals surface area (Å²) in [7, 11) is 0. The molecule has 1 atom stereocenters. The molecule has 0 fully saturated rings. The summed E-state index contributed by atoms with van der Waals surface area (Å²) in [5.41, 5.74) is 0. The lowest BCUT2D eigenvalue weighted by Crippen LogP contribution is -1.85. The van der Waals surface area contributed by atoms with E-state index >= 15 is 0 Å². The molecule has 0 amide bonds. The topological polar surface area (TPSA) is 0 Å². The van der Waals surface area contributed by atoms with Gasteiger partial charge in [-0.2, -0.15) is 0 Å². The molecular weight excluding hydrogens is 380 g/mol. The van der Waals surface area contributed by atoms with Gasteiger partial charge in [0.05, 0.1) is 9.85 Å². The third kappa shape index (κ3) is 2.50. The zero-order valence-electron chi connectivity index (χ0n) is 7.76. The van der Waals surface area contributed by atoms with E-state index in [2.05, 4.69) is 44.8 Å². The van der Waals surface area contributed by atoms with Gasteiger partial charge in [-0.15, -0.1) is 22.7 Å². The number of hydrogen-bond donors (Lipinski definition) is 0. The molecule has 2 aromatic rings. The molecule has 0 N–H and O–H groups in total. The summed E-state index contributed by atoms with van der Waals surface area (Å²) >= 11 is 16.8. The zero-order chi connectivity index (χ0) is 11.0. The van der Waals surface area contributed by atoms with Crippen molar-refractivity contribution >= 4 is 66.1 Å². The van der Waals surface area contributed by atoms with Crippen molar-refractivity contribution in [2.24, 2.45) is 0 Å². The second kappa shape index (κ2) is 4.88. The lowest BCUT2D eigenvalue weighted by atomic mass is 10.3. The Morgan fingerprint density at radius 3 is 2.67 bits per heavy atom. The van der Waals surface area contributed by atoms with Crippen molar-refractivity contribution in [3.63, 3.8) is 0 Å². The van der Waals surface area contributed by atoms with Crippen LogP contribution in [0.4, 0.5) is 0 Å². The minimum atomic E-state index is 0.208. The first-order valence-electron chi connectivity index (χ1n) is 4.22. The molecule has 15 heavy (non-hydrogen) atoms. The highest BCUT2D eigenvalue weighted by Crippen LogP contribution is 2.43. The van der Waals surface area contributed by atoms with Gasteiger partial charge in [0.25, 0.3) is 0 Å². The molecule has 0 radical (unpaired) electrons. The van der Waals surface area contributed by atoms with Crippen molar-refractivity contribution in [3.8, 4) is 0 Å². The van der Waals surface area contributed by atoms with Gasteiger partial charge in [0.15, 0.2) is 0 Å². The zero-order valence-corrected chi connectivity index (χ0v) is 13.3. The van der Waals surface area contributed by atoms with Crippen LogP contribution in [-0.4, -0.2) is 0 Å². The Morgan fingerprint density at radius 1 is 1.47 bits per heavy atom. The molecule has 2 heterocycles. The van der Waals surface area contributed by atoms with E-state index < -0.39 is 0 Å². The lowest BCUT2D eigenvalue weighted by molar-refractivity contribution is 1.28. The van der Waals surface area contributed by atoms with Crippen LogP contribution in [0.25, 0.3) is 0 Å². The fourth-order valence-electron chi connectivity index (χ4n) is 1.22. The summed E-state index contributed by atoms with van der Waals surface area (Å²) in [5.74, 6) is 0. The van der Waals surface area contributed by atoms with Gasteiger partial charge >= 0.3 is 0 Å². The van der Waals surface area contributed by atoms with E-state index in [4.69, 9.17) is 11.6 Å². The van der Waals surface area contributed by atoms with Crippen LogP contribution in [0.5, 0.6) is 0 Å². The predicted octanol–water partition coefficient (Wildman–Crippen LogP) is 6.02. The summed E-state index contributed by atoms with van der Waals surface area (Å²) in [6.45, 7) is 2.11. The number of hydrogen-bond acceptors (Lipinski definition) is 2. The van der Waals surface area contributed by atoms with Crippen LogP contribution in [-0.2, 0) is 0 Å². The van der Waals surface area contributed by atoms with E-state index in [0.29, 0.717) is 0 Å². The van der Waals surface area contributed by atoms with E-state index in [0.717, 1.165) is 5.02 Å². The molecule has 2 aromatic heterocycles. The maximum absolute atomic E-state index is 6.10. The molecule has 0 saturated carbocycles. The molecule has 1 unspecified atom stereocenters. The van der Waals surface area contributed by atoms with Gasteiger partial charge in [-0.3, -0.25) is 0 Å². The quantitative estimate of drug-likeness (QED) is 0.554. The monoisotopic (exact) mass is 384 g/mol. The number of halogens is 3. The van der Waals surface area contributed by atoms with Crippen LogP contribution >= 0.6 is 66.1 Å². The van der Waals surface area contributed by atoms with Crippen molar-refractivity contribution in [1.82, 2.24) is 0 Å². The van der Waals surface area contributed by atoms with E-state index in [1.54, 1.807) is 22.7 Å². The first kappa shape index (κ1) is 12.1. The van der Waals surface area contributed by atoms with Crippen LogP contribution < -0.4 is 0 Å². The summed E-state index contributed by atoms with van der Waals surface area (Å²) in [5, 5.41) is 2.85. The fraction of sp³-hybridized carbons (Fsp3) is 0.200. The van der Waals surface area contributed by atoms with Crippen LogP contribution in [0.1, 0.15) is 19.5 Å². The molecule has 0 bridgehead atoms. The first-order valence-corrected chi connectivity index (χ1v) is 8.00. The molecule has 0 aliphatic rings. The average molecular weight is 387 g/mol. The third-order valence-electron chi connectivity index (χ3n) is 2.00. The number of alkyl halides is 1. The minimum absolute atomic E-state index is 0.208. The molecule has 0 nitrogen and oxygen atoms in total. The first-order chi connectivity index (χ1) is 7.09. The van der Waals surface area contributed by atoms with Gasteiger partial charge in [-0.1, -0.05) is 27.5 Å². The van der Waals surface area contributed by atoms with Gasteiger partial charge in [0.2, 0.25) is 0 Å². The number of rotatable bonds is 2. The molecule has 0 spiro atoms. The van der Waals surface area contributed by atoms with Gasteiger partial charge in [0, 0.05) is 19.1 Å². The van der Waals surface area contributed by atoms with Crippen LogP contribution in [0.2, 0.25) is 5.02 Å². The molecule has 5 heteroatoms. The fourth-order valence-corrected chi connectivity index (χ4v) is 5.12. The summed E-state index contributed by atoms with van der Waals surface area (Å²) in [6, 6.07) is 4.08.